The summed E-state index contributed by atoms with van der Waals surface area (Å²) in [4.78, 5) is 59.9. The number of methoxy groups -OCH3 is 1. The molecule has 0 spiro atoms. The summed E-state index contributed by atoms with van der Waals surface area (Å²) in [7, 11) is 1.73. The van der Waals surface area contributed by atoms with Crippen LogP contribution >= 0.6 is 11.3 Å². The fraction of sp³-hybridized carbons (Fsp3) is 0.649. The van der Waals surface area contributed by atoms with Gasteiger partial charge in [-0.05, 0) is 115 Å². The monoisotopic (exact) mass is 1060 g/mol. The zero-order valence-electron chi connectivity index (χ0n) is 45.2. The highest BCUT2D eigenvalue weighted by Crippen LogP contribution is 2.43. The van der Waals surface area contributed by atoms with E-state index in [1.165, 1.54) is 17.9 Å². The van der Waals surface area contributed by atoms with E-state index in [1.54, 1.807) is 18.4 Å². The average molecular weight is 1060 g/mol. The third-order valence-corrected chi connectivity index (χ3v) is 17.3. The lowest BCUT2D eigenvalue weighted by Crippen LogP contribution is -2.65. The first-order valence-electron chi connectivity index (χ1n) is 27.9. The summed E-state index contributed by atoms with van der Waals surface area (Å²) >= 11 is 1.57. The van der Waals surface area contributed by atoms with Crippen molar-refractivity contribution in [3.8, 4) is 28.6 Å². The molecule has 5 atom stereocenters. The lowest BCUT2D eigenvalue weighted by molar-refractivity contribution is -0.156. The molecule has 0 bridgehead atoms. The lowest BCUT2D eigenvalue weighted by atomic mass is 9.84. The number of thiazole rings is 1. The normalized spacial score (nSPS) is 23.4. The molecule has 5 aliphatic heterocycles. The summed E-state index contributed by atoms with van der Waals surface area (Å²) < 4.78 is 32.8. The number of esters is 1. The minimum atomic E-state index is -1.63. The van der Waals surface area contributed by atoms with E-state index in [4.69, 9.17) is 33.7 Å². The van der Waals surface area contributed by atoms with Gasteiger partial charge in [0.25, 0.3) is 11.8 Å². The number of pyridine rings is 1. The van der Waals surface area contributed by atoms with E-state index in [9.17, 15) is 19.6 Å². The Morgan fingerprint density at radius 1 is 0.974 bits per heavy atom. The maximum atomic E-state index is 14.6. The van der Waals surface area contributed by atoms with Gasteiger partial charge in [-0.25, -0.2) is 10.4 Å². The summed E-state index contributed by atoms with van der Waals surface area (Å²) in [5, 5.41) is 17.6. The van der Waals surface area contributed by atoms with Gasteiger partial charge in [-0.1, -0.05) is 19.9 Å². The average Bonchev–Trinajstić information content (AvgIpc) is 3.87. The van der Waals surface area contributed by atoms with E-state index in [-0.39, 0.29) is 37.2 Å². The fourth-order valence-corrected chi connectivity index (χ4v) is 12.6. The fourth-order valence-electron chi connectivity index (χ4n) is 12.0. The number of carbonyl (C=O) groups excluding carboxylic acids is 3. The van der Waals surface area contributed by atoms with Gasteiger partial charge in [0.1, 0.15) is 18.2 Å². The number of fused-ring (bicyclic) bond motifs is 1. The van der Waals surface area contributed by atoms with Gasteiger partial charge < -0.3 is 38.5 Å². The Morgan fingerprint density at radius 2 is 1.76 bits per heavy atom. The molecule has 1 aromatic carbocycles. The Balaban J connectivity index is 0.942. The summed E-state index contributed by atoms with van der Waals surface area (Å²) in [6.45, 7) is 17.0. The van der Waals surface area contributed by atoms with Crippen molar-refractivity contribution in [2.75, 3.05) is 90.9 Å². The van der Waals surface area contributed by atoms with Gasteiger partial charge in [0.2, 0.25) is 5.60 Å². The smallest absolute Gasteiger partial charge is 0.324 e. The molecule has 0 unspecified atom stereocenters. The van der Waals surface area contributed by atoms with Gasteiger partial charge in [-0.15, -0.1) is 11.3 Å². The van der Waals surface area contributed by atoms with E-state index in [0.29, 0.717) is 65.2 Å². The number of piperazine rings is 1. The van der Waals surface area contributed by atoms with E-state index < -0.39 is 35.0 Å². The van der Waals surface area contributed by atoms with E-state index in [0.717, 1.165) is 121 Å². The number of nitrogens with one attached hydrogen (secondary N) is 2. The molecule has 5 saturated heterocycles. The number of benzene rings is 1. The molecule has 4 aromatic rings. The van der Waals surface area contributed by atoms with Crippen molar-refractivity contribution >= 4 is 45.7 Å². The lowest BCUT2D eigenvalue weighted by Gasteiger charge is -2.39. The van der Waals surface area contributed by atoms with Crippen LogP contribution in [0.15, 0.2) is 41.4 Å². The minimum absolute atomic E-state index is 0.106. The predicted octanol–water partition coefficient (Wildman–Crippen LogP) is 6.66. The van der Waals surface area contributed by atoms with E-state index in [1.807, 2.05) is 18.6 Å². The van der Waals surface area contributed by atoms with Crippen molar-refractivity contribution in [1.82, 2.24) is 40.1 Å². The van der Waals surface area contributed by atoms with Crippen molar-refractivity contribution in [3.63, 3.8) is 0 Å². The van der Waals surface area contributed by atoms with Gasteiger partial charge in [0.05, 0.1) is 59.9 Å². The van der Waals surface area contributed by atoms with Crippen LogP contribution in [0.3, 0.4) is 0 Å². The molecule has 18 nitrogen and oxygen atoms in total. The second-order valence-corrected chi connectivity index (χ2v) is 23.3. The standard InChI is InChI=1S/C57H78N10O8S/c1-38(63-18-6-7-19-63)50(61-55(70)57(35-58)17-9-26-75-57)53(68)67-20-8-10-47(62-67)54(69)74-36-56(3,4)32-46-44-30-40(48-34-76-37-60-48)11-14-49(44)66(25-29-73-43-15-27-72-28-16-43)52(46)45-31-42(33-59-51(45)39(2)71-5)65-23-21-64(22-24-65)41-12-13-41/h11,14,30-31,33-34,37-39,41,43,47,50,62H,6-10,12-13,15-29,32,36H2,1-5H3,(H,61,70)/t38-,39+,47+,50+,57-/m1/s1. The number of anilines is 1. The number of amides is 2. The SMILES string of the molecule is CO[C@@H](C)c1ncc(N2CCN(C3CC3)CC2)cc1-c1c(CC(C)(C)COC(=O)[C@@H]2CCCN(C(=O)[C@@H](NC(=O)[C@]3(C#N)CCCO3)[C@@H](C)N3CCCC3)N2)c2cc(-c3cscn3)ccc2n1CCOC1CCOCC1. The molecule has 2 N–H and O–H groups in total. The zero-order valence-corrected chi connectivity index (χ0v) is 46.0. The number of aromatic nitrogens is 3. The number of rotatable bonds is 20. The van der Waals surface area contributed by atoms with Gasteiger partial charge in [0.15, 0.2) is 0 Å². The second kappa shape index (κ2) is 23.9. The number of nitrogens with zero attached hydrogens (tertiary/aromatic N) is 8. The minimum Gasteiger partial charge on any atom is -0.464 e. The van der Waals surface area contributed by atoms with Gasteiger partial charge in [0, 0.05) is 118 Å². The van der Waals surface area contributed by atoms with Gasteiger partial charge in [-0.2, -0.15) is 5.26 Å². The Kier molecular flexibility index (Phi) is 17.1. The van der Waals surface area contributed by atoms with Crippen LogP contribution in [0.1, 0.15) is 109 Å². The van der Waals surface area contributed by atoms with Crippen molar-refractivity contribution in [1.29, 1.82) is 5.26 Å². The maximum absolute atomic E-state index is 14.6. The van der Waals surface area contributed by atoms with Crippen molar-refractivity contribution in [3.05, 3.63) is 52.6 Å². The van der Waals surface area contributed by atoms with E-state index in [2.05, 4.69) is 86.5 Å². The quantitative estimate of drug-likeness (QED) is 0.0894. The molecule has 3 aromatic heterocycles. The number of hydrogen-bond acceptors (Lipinski definition) is 16. The predicted molar refractivity (Wildman–Crippen MR) is 290 cm³/mol. The molecule has 19 heteroatoms. The molecule has 1 aliphatic carbocycles. The van der Waals surface area contributed by atoms with Crippen molar-refractivity contribution < 1.29 is 38.1 Å². The molecule has 10 rings (SSSR count). The molecular weight excluding hydrogens is 985 g/mol. The van der Waals surface area contributed by atoms with Gasteiger partial charge in [-0.3, -0.25) is 34.2 Å². The summed E-state index contributed by atoms with van der Waals surface area (Å²) in [6, 6.07) is 9.63. The van der Waals surface area contributed by atoms with Crippen molar-refractivity contribution in [2.45, 2.75) is 147 Å². The first kappa shape index (κ1) is 54.3. The van der Waals surface area contributed by atoms with Crippen LogP contribution in [0.25, 0.3) is 33.4 Å². The maximum Gasteiger partial charge on any atom is 0.324 e. The molecule has 76 heavy (non-hydrogen) atoms. The largest absolute Gasteiger partial charge is 0.464 e. The van der Waals surface area contributed by atoms with Gasteiger partial charge >= 0.3 is 5.97 Å². The van der Waals surface area contributed by atoms with Crippen LogP contribution in [-0.2, 0) is 51.0 Å². The summed E-state index contributed by atoms with van der Waals surface area (Å²) in [5.41, 5.74) is 10.9. The first-order chi connectivity index (χ1) is 36.8. The Bertz CT molecular complexity index is 2700. The zero-order chi connectivity index (χ0) is 53.0. The molecule has 6 aliphatic rings. The third kappa shape index (κ3) is 12.0. The van der Waals surface area contributed by atoms with Crippen molar-refractivity contribution in [2.24, 2.45) is 5.41 Å². The molecule has 6 fully saturated rings. The van der Waals surface area contributed by atoms with Crippen LogP contribution in [0, 0.1) is 16.7 Å². The highest BCUT2D eigenvalue weighted by atomic mass is 32.1. The van der Waals surface area contributed by atoms with E-state index >= 15 is 0 Å². The Morgan fingerprint density at radius 3 is 2.46 bits per heavy atom. The number of nitriles is 1. The highest BCUT2D eigenvalue weighted by Gasteiger charge is 2.47. The topological polar surface area (TPSA) is 189 Å². The molecule has 8 heterocycles. The number of hydrogen-bond donors (Lipinski definition) is 2. The summed E-state index contributed by atoms with van der Waals surface area (Å²) in [6.07, 6.45) is 10.6. The molecule has 0 radical (unpaired) electrons. The molecule has 410 valence electrons. The number of carbonyl (C=O) groups is 3. The van der Waals surface area contributed by atoms with Crippen LogP contribution < -0.4 is 15.6 Å². The Hall–Kier alpha value is -5.04. The number of likely N-dealkylation sites (tertiary alicyclic amines) is 1. The third-order valence-electron chi connectivity index (χ3n) is 16.7. The molecule has 2 amide bonds. The van der Waals surface area contributed by atoms with Crippen LogP contribution in [0.5, 0.6) is 0 Å². The van der Waals surface area contributed by atoms with Crippen LogP contribution in [-0.4, -0.2) is 169 Å². The first-order valence-corrected chi connectivity index (χ1v) is 28.9. The molecular formula is C57H78N10O8S. The highest BCUT2D eigenvalue weighted by molar-refractivity contribution is 7.07. The van der Waals surface area contributed by atoms with Crippen LogP contribution in [0.4, 0.5) is 5.69 Å². The summed E-state index contributed by atoms with van der Waals surface area (Å²) in [5.74, 6) is -1.41. The number of ether oxygens (including phenoxy) is 5. The second-order valence-electron chi connectivity index (χ2n) is 22.6. The Labute approximate surface area is 451 Å². The number of hydrazine groups is 1. The van der Waals surface area contributed by atoms with Crippen LogP contribution in [0.2, 0.25) is 0 Å². The molecule has 1 saturated carbocycles.